The summed E-state index contributed by atoms with van der Waals surface area (Å²) >= 11 is 0. The summed E-state index contributed by atoms with van der Waals surface area (Å²) in [5.74, 6) is 0. The van der Waals surface area contributed by atoms with E-state index in [-0.39, 0.29) is 0 Å². The average Bonchev–Trinajstić information content (AvgIpc) is 3.10. The molecule has 0 spiro atoms. The van der Waals surface area contributed by atoms with Gasteiger partial charge in [-0.25, -0.2) is 0 Å². The van der Waals surface area contributed by atoms with Crippen molar-refractivity contribution in [3.05, 3.63) is 48.3 Å². The van der Waals surface area contributed by atoms with E-state index in [4.69, 9.17) is 0 Å². The molecule has 1 aromatic rings. The number of hydrogen-bond donors (Lipinski definition) is 0. The monoisotopic (exact) mass is 370 g/mol. The molecule has 2 rings (SSSR count). The van der Waals surface area contributed by atoms with Gasteiger partial charge in [0, 0.05) is 25.5 Å². The van der Waals surface area contributed by atoms with E-state index in [1.807, 2.05) is 0 Å². The predicted molar refractivity (Wildman–Crippen MR) is 118 cm³/mol. The first-order chi connectivity index (χ1) is 13.4. The van der Waals surface area contributed by atoms with Crippen molar-refractivity contribution in [1.82, 2.24) is 9.80 Å². The molecule has 0 saturated heterocycles. The quantitative estimate of drug-likeness (QED) is 0.295. The summed E-state index contributed by atoms with van der Waals surface area (Å²) in [4.78, 5) is 5.12. The third-order valence-corrected chi connectivity index (χ3v) is 5.72. The third-order valence-electron chi connectivity index (χ3n) is 5.72. The van der Waals surface area contributed by atoms with Crippen LogP contribution < -0.4 is 0 Å². The SMILES string of the molecule is CCCCCCCCN1C=CN(CCCCCCCC)C1c1ccccc1. The molecular formula is C25H42N2. The van der Waals surface area contributed by atoms with E-state index in [0.717, 1.165) is 0 Å². The van der Waals surface area contributed by atoms with Crippen LogP contribution in [-0.4, -0.2) is 22.9 Å². The first-order valence-corrected chi connectivity index (χ1v) is 11.6. The fourth-order valence-electron chi connectivity index (χ4n) is 4.08. The van der Waals surface area contributed by atoms with Gasteiger partial charge in [-0.2, -0.15) is 0 Å². The Balaban J connectivity index is 1.81. The van der Waals surface area contributed by atoms with Gasteiger partial charge in [-0.15, -0.1) is 0 Å². The highest BCUT2D eigenvalue weighted by atomic mass is 15.4. The second-order valence-electron chi connectivity index (χ2n) is 8.09. The normalized spacial score (nSPS) is 14.4. The lowest BCUT2D eigenvalue weighted by atomic mass is 10.1. The van der Waals surface area contributed by atoms with Crippen LogP contribution in [0.3, 0.4) is 0 Å². The zero-order valence-electron chi connectivity index (χ0n) is 17.9. The lowest BCUT2D eigenvalue weighted by Crippen LogP contribution is -2.32. The van der Waals surface area contributed by atoms with Crippen LogP contribution in [0.25, 0.3) is 0 Å². The maximum Gasteiger partial charge on any atom is 0.127 e. The maximum absolute atomic E-state index is 2.56. The van der Waals surface area contributed by atoms with Crippen molar-refractivity contribution in [2.75, 3.05) is 13.1 Å². The van der Waals surface area contributed by atoms with Gasteiger partial charge < -0.3 is 9.80 Å². The zero-order valence-corrected chi connectivity index (χ0v) is 17.9. The molecule has 0 amide bonds. The molecule has 0 fully saturated rings. The van der Waals surface area contributed by atoms with Gasteiger partial charge in [-0.05, 0) is 18.4 Å². The van der Waals surface area contributed by atoms with Gasteiger partial charge in [-0.1, -0.05) is 108 Å². The third kappa shape index (κ3) is 7.99. The molecule has 152 valence electrons. The molecule has 1 aromatic carbocycles. The fourth-order valence-corrected chi connectivity index (χ4v) is 4.08. The van der Waals surface area contributed by atoms with E-state index in [1.165, 1.54) is 95.7 Å². The summed E-state index contributed by atoms with van der Waals surface area (Å²) in [5, 5.41) is 0. The summed E-state index contributed by atoms with van der Waals surface area (Å²) in [6.45, 7) is 6.93. The molecular weight excluding hydrogens is 328 g/mol. The van der Waals surface area contributed by atoms with Gasteiger partial charge in [-0.3, -0.25) is 0 Å². The molecule has 1 aliphatic rings. The molecule has 0 unspecified atom stereocenters. The minimum Gasteiger partial charge on any atom is -0.352 e. The standard InChI is InChI=1S/C25H42N2/c1-3-5-7-9-11-16-20-26-22-23-27(21-17-12-10-8-6-4-2)25(26)24-18-14-13-15-19-24/h13-15,18-19,22-23,25H,3-12,16-17,20-21H2,1-2H3. The smallest absolute Gasteiger partial charge is 0.127 e. The van der Waals surface area contributed by atoms with Gasteiger partial charge in [0.1, 0.15) is 6.17 Å². The fraction of sp³-hybridized carbons (Fsp3) is 0.680. The van der Waals surface area contributed by atoms with Crippen LogP contribution in [0.15, 0.2) is 42.7 Å². The molecule has 0 aliphatic carbocycles. The Labute approximate surface area is 168 Å². The molecule has 27 heavy (non-hydrogen) atoms. The Morgan fingerprint density at radius 2 is 1.04 bits per heavy atom. The molecule has 0 radical (unpaired) electrons. The maximum atomic E-state index is 2.56. The number of hydrogen-bond acceptors (Lipinski definition) is 2. The minimum absolute atomic E-state index is 0.400. The van der Waals surface area contributed by atoms with Crippen molar-refractivity contribution in [2.24, 2.45) is 0 Å². The van der Waals surface area contributed by atoms with Gasteiger partial charge in [0.25, 0.3) is 0 Å². The van der Waals surface area contributed by atoms with E-state index in [2.05, 4.69) is 66.4 Å². The Morgan fingerprint density at radius 1 is 0.593 bits per heavy atom. The lowest BCUT2D eigenvalue weighted by Gasteiger charge is -2.33. The molecule has 1 heterocycles. The van der Waals surface area contributed by atoms with E-state index in [0.29, 0.717) is 6.17 Å². The van der Waals surface area contributed by atoms with Crippen LogP contribution in [0.1, 0.15) is 103 Å². The Hall–Kier alpha value is -1.44. The number of nitrogens with zero attached hydrogens (tertiary/aromatic N) is 2. The van der Waals surface area contributed by atoms with Gasteiger partial charge in [0.15, 0.2) is 0 Å². The lowest BCUT2D eigenvalue weighted by molar-refractivity contribution is 0.150. The van der Waals surface area contributed by atoms with Crippen molar-refractivity contribution in [1.29, 1.82) is 0 Å². The molecule has 0 N–H and O–H groups in total. The van der Waals surface area contributed by atoms with Crippen molar-refractivity contribution in [3.8, 4) is 0 Å². The van der Waals surface area contributed by atoms with Crippen molar-refractivity contribution in [3.63, 3.8) is 0 Å². The predicted octanol–water partition coefficient (Wildman–Crippen LogP) is 7.50. The zero-order chi connectivity index (χ0) is 19.2. The Morgan fingerprint density at radius 3 is 1.52 bits per heavy atom. The van der Waals surface area contributed by atoms with Crippen LogP contribution >= 0.6 is 0 Å². The van der Waals surface area contributed by atoms with E-state index < -0.39 is 0 Å². The molecule has 0 saturated carbocycles. The van der Waals surface area contributed by atoms with Crippen LogP contribution in [-0.2, 0) is 0 Å². The van der Waals surface area contributed by atoms with E-state index in [1.54, 1.807) is 0 Å². The molecule has 1 aliphatic heterocycles. The molecule has 0 atom stereocenters. The summed E-state index contributed by atoms with van der Waals surface area (Å²) < 4.78 is 0. The van der Waals surface area contributed by atoms with Crippen molar-refractivity contribution in [2.45, 2.75) is 97.1 Å². The molecule has 2 nitrogen and oxygen atoms in total. The van der Waals surface area contributed by atoms with Crippen molar-refractivity contribution >= 4 is 0 Å². The number of unbranched alkanes of at least 4 members (excludes halogenated alkanes) is 10. The summed E-state index contributed by atoms with van der Waals surface area (Å²) in [6.07, 6.45) is 21.4. The van der Waals surface area contributed by atoms with E-state index >= 15 is 0 Å². The topological polar surface area (TPSA) is 6.48 Å². The largest absolute Gasteiger partial charge is 0.352 e. The number of benzene rings is 1. The summed E-state index contributed by atoms with van der Waals surface area (Å²) in [6, 6.07) is 11.1. The average molecular weight is 371 g/mol. The first-order valence-electron chi connectivity index (χ1n) is 11.6. The van der Waals surface area contributed by atoms with E-state index in [9.17, 15) is 0 Å². The molecule has 2 heteroatoms. The Kier molecular flexibility index (Phi) is 11.1. The number of rotatable bonds is 15. The highest BCUT2D eigenvalue weighted by Gasteiger charge is 2.26. The van der Waals surface area contributed by atoms with Gasteiger partial charge >= 0.3 is 0 Å². The Bertz CT molecular complexity index is 470. The molecule has 0 bridgehead atoms. The highest BCUT2D eigenvalue weighted by molar-refractivity contribution is 5.21. The van der Waals surface area contributed by atoms with Crippen LogP contribution in [0.4, 0.5) is 0 Å². The first kappa shape index (κ1) is 21.9. The minimum atomic E-state index is 0.400. The second-order valence-corrected chi connectivity index (χ2v) is 8.09. The highest BCUT2D eigenvalue weighted by Crippen LogP contribution is 2.31. The van der Waals surface area contributed by atoms with Crippen LogP contribution in [0.5, 0.6) is 0 Å². The summed E-state index contributed by atoms with van der Waals surface area (Å²) in [7, 11) is 0. The van der Waals surface area contributed by atoms with Gasteiger partial charge in [0.2, 0.25) is 0 Å². The van der Waals surface area contributed by atoms with Crippen LogP contribution in [0, 0.1) is 0 Å². The van der Waals surface area contributed by atoms with Crippen LogP contribution in [0.2, 0.25) is 0 Å². The molecule has 0 aromatic heterocycles. The summed E-state index contributed by atoms with van der Waals surface area (Å²) in [5.41, 5.74) is 1.43. The van der Waals surface area contributed by atoms with Crippen molar-refractivity contribution < 1.29 is 0 Å². The van der Waals surface area contributed by atoms with Gasteiger partial charge in [0.05, 0.1) is 0 Å². The second kappa shape index (κ2) is 13.7.